The van der Waals surface area contributed by atoms with Crippen LogP contribution in [0.15, 0.2) is 58.5 Å². The zero-order chi connectivity index (χ0) is 16.7. The molecule has 0 aliphatic carbocycles. The predicted octanol–water partition coefficient (Wildman–Crippen LogP) is 3.98. The van der Waals surface area contributed by atoms with Gasteiger partial charge >= 0.3 is 0 Å². The van der Waals surface area contributed by atoms with Crippen molar-refractivity contribution in [1.29, 1.82) is 0 Å². The number of thioether (sulfide) groups is 1. The molecular formula is C17H17ClN2O2S. The van der Waals surface area contributed by atoms with Crippen molar-refractivity contribution in [3.63, 3.8) is 0 Å². The van der Waals surface area contributed by atoms with E-state index >= 15 is 0 Å². The fourth-order valence-electron chi connectivity index (χ4n) is 1.72. The molecular weight excluding hydrogens is 332 g/mol. The molecule has 2 aromatic rings. The molecule has 23 heavy (non-hydrogen) atoms. The lowest BCUT2D eigenvalue weighted by molar-refractivity contribution is -0.120. The second-order valence-corrected chi connectivity index (χ2v) is 6.57. The van der Waals surface area contributed by atoms with Gasteiger partial charge in [0.15, 0.2) is 0 Å². The first kappa shape index (κ1) is 17.4. The van der Waals surface area contributed by atoms with Crippen LogP contribution in [0.2, 0.25) is 5.02 Å². The molecule has 2 aromatic carbocycles. The van der Waals surface area contributed by atoms with E-state index in [-0.39, 0.29) is 11.2 Å². The molecule has 120 valence electrons. The highest BCUT2D eigenvalue weighted by atomic mass is 35.5. The number of hydrazone groups is 1. The molecule has 0 saturated carbocycles. The second kappa shape index (κ2) is 8.60. The molecule has 1 unspecified atom stereocenters. The van der Waals surface area contributed by atoms with Gasteiger partial charge < -0.3 is 4.74 Å². The third-order valence-electron chi connectivity index (χ3n) is 3.00. The van der Waals surface area contributed by atoms with Crippen molar-refractivity contribution in [2.24, 2.45) is 5.10 Å². The number of hydrogen-bond donors (Lipinski definition) is 1. The summed E-state index contributed by atoms with van der Waals surface area (Å²) in [6, 6.07) is 14.8. The number of nitrogens with one attached hydrogen (secondary N) is 1. The van der Waals surface area contributed by atoms with E-state index in [2.05, 4.69) is 10.5 Å². The minimum absolute atomic E-state index is 0.158. The van der Waals surface area contributed by atoms with E-state index in [4.69, 9.17) is 16.3 Å². The van der Waals surface area contributed by atoms with Crippen LogP contribution in [0.5, 0.6) is 5.75 Å². The third kappa shape index (κ3) is 5.62. The summed E-state index contributed by atoms with van der Waals surface area (Å²) in [7, 11) is 1.61. The minimum Gasteiger partial charge on any atom is -0.497 e. The van der Waals surface area contributed by atoms with Crippen molar-refractivity contribution in [3.05, 3.63) is 59.1 Å². The topological polar surface area (TPSA) is 50.7 Å². The summed E-state index contributed by atoms with van der Waals surface area (Å²) < 4.78 is 5.08. The van der Waals surface area contributed by atoms with Crippen LogP contribution in [-0.4, -0.2) is 24.5 Å². The Morgan fingerprint density at radius 3 is 2.48 bits per heavy atom. The summed E-state index contributed by atoms with van der Waals surface area (Å²) in [6.45, 7) is 1.83. The number of methoxy groups -OCH3 is 1. The van der Waals surface area contributed by atoms with E-state index in [0.717, 1.165) is 16.2 Å². The van der Waals surface area contributed by atoms with Crippen molar-refractivity contribution >= 4 is 35.5 Å². The van der Waals surface area contributed by atoms with E-state index in [0.29, 0.717) is 5.02 Å². The lowest BCUT2D eigenvalue weighted by Gasteiger charge is -2.09. The molecule has 0 fully saturated rings. The van der Waals surface area contributed by atoms with Gasteiger partial charge in [0.25, 0.3) is 5.91 Å². The Labute approximate surface area is 144 Å². The Kier molecular flexibility index (Phi) is 6.50. The lowest BCUT2D eigenvalue weighted by Crippen LogP contribution is -2.26. The largest absolute Gasteiger partial charge is 0.497 e. The summed E-state index contributed by atoms with van der Waals surface area (Å²) in [4.78, 5) is 13.0. The number of halogens is 1. The SMILES string of the molecule is COc1ccc(C=NNC(=O)C(C)Sc2ccc(Cl)cc2)cc1. The first-order chi connectivity index (χ1) is 11.1. The maximum absolute atomic E-state index is 12.0. The Bertz CT molecular complexity index is 672. The fraction of sp³-hybridized carbons (Fsp3) is 0.176. The summed E-state index contributed by atoms with van der Waals surface area (Å²) >= 11 is 7.29. The molecule has 4 nitrogen and oxygen atoms in total. The molecule has 0 bridgehead atoms. The zero-order valence-corrected chi connectivity index (χ0v) is 14.4. The number of carbonyl (C=O) groups is 1. The molecule has 2 rings (SSSR count). The third-order valence-corrected chi connectivity index (χ3v) is 4.36. The Morgan fingerprint density at radius 2 is 1.87 bits per heavy atom. The summed E-state index contributed by atoms with van der Waals surface area (Å²) in [6.07, 6.45) is 1.59. The number of ether oxygens (including phenoxy) is 1. The van der Waals surface area contributed by atoms with Crippen molar-refractivity contribution in [2.75, 3.05) is 7.11 Å². The molecule has 1 atom stereocenters. The number of carbonyl (C=O) groups excluding carboxylic acids is 1. The normalized spacial score (nSPS) is 12.1. The van der Waals surface area contributed by atoms with E-state index in [1.807, 2.05) is 43.3 Å². The van der Waals surface area contributed by atoms with Crippen molar-refractivity contribution < 1.29 is 9.53 Å². The Balaban J connectivity index is 1.85. The minimum atomic E-state index is -0.260. The first-order valence-electron chi connectivity index (χ1n) is 6.97. The van der Waals surface area contributed by atoms with Crippen LogP contribution in [0, 0.1) is 0 Å². The molecule has 0 saturated heterocycles. The van der Waals surface area contributed by atoms with Gasteiger partial charge in [-0.3, -0.25) is 4.79 Å². The van der Waals surface area contributed by atoms with Gasteiger partial charge in [0, 0.05) is 9.92 Å². The van der Waals surface area contributed by atoms with Gasteiger partial charge in [0.2, 0.25) is 0 Å². The summed E-state index contributed by atoms with van der Waals surface area (Å²) in [5, 5.41) is 4.39. The molecule has 6 heteroatoms. The maximum atomic E-state index is 12.0. The van der Waals surface area contributed by atoms with Crippen LogP contribution in [0.1, 0.15) is 12.5 Å². The first-order valence-corrected chi connectivity index (χ1v) is 8.23. The Morgan fingerprint density at radius 1 is 1.22 bits per heavy atom. The van der Waals surface area contributed by atoms with Gasteiger partial charge in [-0.25, -0.2) is 5.43 Å². The molecule has 0 heterocycles. The number of benzene rings is 2. The van der Waals surface area contributed by atoms with Gasteiger partial charge in [-0.05, 0) is 61.0 Å². The van der Waals surface area contributed by atoms with E-state index in [9.17, 15) is 4.79 Å². The quantitative estimate of drug-likeness (QED) is 0.488. The maximum Gasteiger partial charge on any atom is 0.253 e. The van der Waals surface area contributed by atoms with Crippen molar-refractivity contribution in [1.82, 2.24) is 5.43 Å². The number of hydrogen-bond acceptors (Lipinski definition) is 4. The average Bonchev–Trinajstić information content (AvgIpc) is 2.57. The standard InChI is InChI=1S/C17H17ClN2O2S/c1-12(23-16-9-5-14(18)6-10-16)17(21)20-19-11-13-3-7-15(22-2)8-4-13/h3-12H,1-2H3,(H,20,21). The predicted molar refractivity (Wildman–Crippen MR) is 95.5 cm³/mol. The molecule has 0 radical (unpaired) electrons. The smallest absolute Gasteiger partial charge is 0.253 e. The number of amides is 1. The molecule has 0 aliphatic heterocycles. The summed E-state index contributed by atoms with van der Waals surface area (Å²) in [5.74, 6) is 0.619. The molecule has 1 amide bonds. The lowest BCUT2D eigenvalue weighted by atomic mass is 10.2. The van der Waals surface area contributed by atoms with Gasteiger partial charge in [-0.2, -0.15) is 5.10 Å². The van der Waals surface area contributed by atoms with E-state index in [1.165, 1.54) is 11.8 Å². The van der Waals surface area contributed by atoms with E-state index < -0.39 is 0 Å². The highest BCUT2D eigenvalue weighted by Gasteiger charge is 2.13. The monoisotopic (exact) mass is 348 g/mol. The zero-order valence-electron chi connectivity index (χ0n) is 12.8. The van der Waals surface area contributed by atoms with Crippen LogP contribution in [0.25, 0.3) is 0 Å². The van der Waals surface area contributed by atoms with E-state index in [1.54, 1.807) is 25.5 Å². The fourth-order valence-corrected chi connectivity index (χ4v) is 2.71. The average molecular weight is 349 g/mol. The highest BCUT2D eigenvalue weighted by molar-refractivity contribution is 8.00. The number of rotatable bonds is 6. The summed E-state index contributed by atoms with van der Waals surface area (Å²) in [5.41, 5.74) is 3.42. The van der Waals surface area contributed by atoms with Crippen LogP contribution in [-0.2, 0) is 4.79 Å². The van der Waals surface area contributed by atoms with Gasteiger partial charge in [-0.15, -0.1) is 11.8 Å². The molecule has 1 N–H and O–H groups in total. The van der Waals surface area contributed by atoms with Crippen LogP contribution in [0.4, 0.5) is 0 Å². The molecule has 0 spiro atoms. The highest BCUT2D eigenvalue weighted by Crippen LogP contribution is 2.24. The second-order valence-electron chi connectivity index (χ2n) is 4.72. The van der Waals surface area contributed by atoms with Crippen LogP contribution >= 0.6 is 23.4 Å². The van der Waals surface area contributed by atoms with Gasteiger partial charge in [0.1, 0.15) is 5.75 Å². The van der Waals surface area contributed by atoms with Crippen LogP contribution < -0.4 is 10.2 Å². The number of nitrogens with zero attached hydrogens (tertiary/aromatic N) is 1. The van der Waals surface area contributed by atoms with Crippen molar-refractivity contribution in [3.8, 4) is 5.75 Å². The van der Waals surface area contributed by atoms with Crippen molar-refractivity contribution in [2.45, 2.75) is 17.1 Å². The molecule has 0 aliphatic rings. The Hall–Kier alpha value is -1.98. The van der Waals surface area contributed by atoms with Gasteiger partial charge in [0.05, 0.1) is 18.6 Å². The molecule has 0 aromatic heterocycles. The van der Waals surface area contributed by atoms with Gasteiger partial charge in [-0.1, -0.05) is 11.6 Å². The van der Waals surface area contributed by atoms with Crippen LogP contribution in [0.3, 0.4) is 0 Å².